The SMILES string of the molecule is Cc1ccc(NC(=O)c2cnc(Nc3cccc(C)c3C)nc2)cc1C. The average Bonchev–Trinajstić information content (AvgIpc) is 2.63. The molecule has 0 aliphatic carbocycles. The molecule has 26 heavy (non-hydrogen) atoms. The van der Waals surface area contributed by atoms with Gasteiger partial charge in [-0.25, -0.2) is 9.97 Å². The third-order valence-electron chi connectivity index (χ3n) is 4.53. The number of rotatable bonds is 4. The highest BCUT2D eigenvalue weighted by Gasteiger charge is 2.09. The first-order chi connectivity index (χ1) is 12.4. The van der Waals surface area contributed by atoms with Crippen molar-refractivity contribution >= 4 is 23.2 Å². The number of hydrogen-bond acceptors (Lipinski definition) is 4. The number of aromatic nitrogens is 2. The van der Waals surface area contributed by atoms with Crippen molar-refractivity contribution in [1.82, 2.24) is 9.97 Å². The van der Waals surface area contributed by atoms with Crippen LogP contribution in [0, 0.1) is 27.7 Å². The summed E-state index contributed by atoms with van der Waals surface area (Å²) in [6.07, 6.45) is 3.05. The van der Waals surface area contributed by atoms with Crippen LogP contribution in [0.5, 0.6) is 0 Å². The number of nitrogens with one attached hydrogen (secondary N) is 2. The molecule has 1 heterocycles. The molecule has 0 spiro atoms. The second-order valence-corrected chi connectivity index (χ2v) is 6.42. The van der Waals surface area contributed by atoms with Gasteiger partial charge in [0.25, 0.3) is 5.91 Å². The summed E-state index contributed by atoms with van der Waals surface area (Å²) in [7, 11) is 0. The van der Waals surface area contributed by atoms with E-state index in [4.69, 9.17) is 0 Å². The molecule has 0 unspecified atom stereocenters. The second-order valence-electron chi connectivity index (χ2n) is 6.42. The van der Waals surface area contributed by atoms with Crippen LogP contribution in [0.2, 0.25) is 0 Å². The molecule has 0 saturated carbocycles. The van der Waals surface area contributed by atoms with Gasteiger partial charge in [-0.1, -0.05) is 18.2 Å². The van der Waals surface area contributed by atoms with E-state index in [9.17, 15) is 4.79 Å². The zero-order valence-corrected chi connectivity index (χ0v) is 15.4. The Hall–Kier alpha value is -3.21. The molecule has 5 heteroatoms. The smallest absolute Gasteiger partial charge is 0.258 e. The van der Waals surface area contributed by atoms with Gasteiger partial charge in [-0.15, -0.1) is 0 Å². The highest BCUT2D eigenvalue weighted by Crippen LogP contribution is 2.21. The summed E-state index contributed by atoms with van der Waals surface area (Å²) in [5.74, 6) is 0.230. The van der Waals surface area contributed by atoms with Gasteiger partial charge in [0.15, 0.2) is 0 Å². The van der Waals surface area contributed by atoms with Crippen LogP contribution >= 0.6 is 0 Å². The molecule has 1 aromatic heterocycles. The van der Waals surface area contributed by atoms with Gasteiger partial charge < -0.3 is 10.6 Å². The van der Waals surface area contributed by atoms with Crippen molar-refractivity contribution < 1.29 is 4.79 Å². The summed E-state index contributed by atoms with van der Waals surface area (Å²) >= 11 is 0. The van der Waals surface area contributed by atoms with E-state index in [1.54, 1.807) is 0 Å². The zero-order chi connectivity index (χ0) is 18.7. The maximum Gasteiger partial charge on any atom is 0.258 e. The fourth-order valence-electron chi connectivity index (χ4n) is 2.54. The number of anilines is 3. The molecule has 2 aromatic carbocycles. The minimum atomic E-state index is -0.230. The van der Waals surface area contributed by atoms with Crippen molar-refractivity contribution in [1.29, 1.82) is 0 Å². The molecule has 0 atom stereocenters. The van der Waals surface area contributed by atoms with Gasteiger partial charge in [0.1, 0.15) is 0 Å². The van der Waals surface area contributed by atoms with Crippen LogP contribution in [0.3, 0.4) is 0 Å². The monoisotopic (exact) mass is 346 g/mol. The van der Waals surface area contributed by atoms with Crippen LogP contribution in [-0.2, 0) is 0 Å². The van der Waals surface area contributed by atoms with E-state index in [2.05, 4.69) is 33.6 Å². The van der Waals surface area contributed by atoms with E-state index in [1.165, 1.54) is 23.5 Å². The Morgan fingerprint density at radius 1 is 0.885 bits per heavy atom. The molecule has 1 amide bonds. The predicted molar refractivity (Wildman–Crippen MR) is 105 cm³/mol. The quantitative estimate of drug-likeness (QED) is 0.718. The fourth-order valence-corrected chi connectivity index (χ4v) is 2.54. The van der Waals surface area contributed by atoms with Gasteiger partial charge in [0, 0.05) is 23.8 Å². The lowest BCUT2D eigenvalue weighted by Crippen LogP contribution is -2.13. The van der Waals surface area contributed by atoms with Crippen LogP contribution in [0.1, 0.15) is 32.6 Å². The summed E-state index contributed by atoms with van der Waals surface area (Å²) < 4.78 is 0. The normalized spacial score (nSPS) is 10.5. The van der Waals surface area contributed by atoms with Crippen molar-refractivity contribution in [3.05, 3.63) is 76.6 Å². The summed E-state index contributed by atoms with van der Waals surface area (Å²) in [5.41, 5.74) is 6.79. The fraction of sp³-hybridized carbons (Fsp3) is 0.190. The van der Waals surface area contributed by atoms with Gasteiger partial charge in [0.2, 0.25) is 5.95 Å². The Balaban J connectivity index is 1.71. The summed E-state index contributed by atoms with van der Waals surface area (Å²) in [6.45, 7) is 8.16. The van der Waals surface area contributed by atoms with Gasteiger partial charge in [-0.2, -0.15) is 0 Å². The van der Waals surface area contributed by atoms with Gasteiger partial charge in [-0.3, -0.25) is 4.79 Å². The minimum absolute atomic E-state index is 0.230. The Bertz CT molecular complexity index is 949. The van der Waals surface area contributed by atoms with Crippen molar-refractivity contribution in [2.24, 2.45) is 0 Å². The molecular formula is C21H22N4O. The van der Waals surface area contributed by atoms with E-state index in [1.807, 2.05) is 51.1 Å². The number of carbonyl (C=O) groups is 1. The third-order valence-corrected chi connectivity index (χ3v) is 4.53. The van der Waals surface area contributed by atoms with E-state index >= 15 is 0 Å². The Kier molecular flexibility index (Phi) is 4.98. The number of benzene rings is 2. The van der Waals surface area contributed by atoms with Crippen molar-refractivity contribution in [2.45, 2.75) is 27.7 Å². The molecule has 132 valence electrons. The number of carbonyl (C=O) groups excluding carboxylic acids is 1. The first kappa shape index (κ1) is 17.6. The number of nitrogens with zero attached hydrogens (tertiary/aromatic N) is 2. The number of aryl methyl sites for hydroxylation is 3. The Labute approximate surface area is 153 Å². The maximum atomic E-state index is 12.4. The minimum Gasteiger partial charge on any atom is -0.324 e. The lowest BCUT2D eigenvalue weighted by molar-refractivity contribution is 0.102. The lowest BCUT2D eigenvalue weighted by Gasteiger charge is -2.10. The standard InChI is InChI=1S/C21H22N4O/c1-13-8-9-18(10-15(13)3)24-20(26)17-11-22-21(23-12-17)25-19-7-5-6-14(2)16(19)4/h5-12H,1-4H3,(H,24,26)(H,22,23,25). The van der Waals surface area contributed by atoms with Gasteiger partial charge in [0.05, 0.1) is 5.56 Å². The van der Waals surface area contributed by atoms with Crippen LogP contribution in [-0.4, -0.2) is 15.9 Å². The first-order valence-corrected chi connectivity index (χ1v) is 8.48. The van der Waals surface area contributed by atoms with E-state index < -0.39 is 0 Å². The Morgan fingerprint density at radius 3 is 2.31 bits per heavy atom. The van der Waals surface area contributed by atoms with Crippen LogP contribution in [0.4, 0.5) is 17.3 Å². The van der Waals surface area contributed by atoms with E-state index in [-0.39, 0.29) is 5.91 Å². The molecule has 0 aliphatic heterocycles. The lowest BCUT2D eigenvalue weighted by atomic mass is 10.1. The summed E-state index contributed by atoms with van der Waals surface area (Å²) in [5, 5.41) is 6.06. The highest BCUT2D eigenvalue weighted by molar-refractivity contribution is 6.03. The molecule has 0 fully saturated rings. The zero-order valence-electron chi connectivity index (χ0n) is 15.4. The second kappa shape index (κ2) is 7.35. The van der Waals surface area contributed by atoms with Crippen LogP contribution < -0.4 is 10.6 Å². The molecule has 5 nitrogen and oxygen atoms in total. The maximum absolute atomic E-state index is 12.4. The molecular weight excluding hydrogens is 324 g/mol. The van der Waals surface area contributed by atoms with E-state index in [0.29, 0.717) is 11.5 Å². The van der Waals surface area contributed by atoms with Crippen molar-refractivity contribution in [3.8, 4) is 0 Å². The highest BCUT2D eigenvalue weighted by atomic mass is 16.1. The van der Waals surface area contributed by atoms with Crippen LogP contribution in [0.15, 0.2) is 48.8 Å². The first-order valence-electron chi connectivity index (χ1n) is 8.48. The molecule has 0 bridgehead atoms. The third kappa shape index (κ3) is 3.88. The largest absolute Gasteiger partial charge is 0.324 e. The molecule has 0 aliphatic rings. The Morgan fingerprint density at radius 2 is 1.62 bits per heavy atom. The molecule has 2 N–H and O–H groups in total. The summed E-state index contributed by atoms with van der Waals surface area (Å²) in [4.78, 5) is 20.9. The van der Waals surface area contributed by atoms with Gasteiger partial charge >= 0.3 is 0 Å². The molecule has 0 radical (unpaired) electrons. The average molecular weight is 346 g/mol. The number of hydrogen-bond donors (Lipinski definition) is 2. The van der Waals surface area contributed by atoms with Gasteiger partial charge in [-0.05, 0) is 68.1 Å². The summed E-state index contributed by atoms with van der Waals surface area (Å²) in [6, 6.07) is 11.8. The number of amides is 1. The van der Waals surface area contributed by atoms with E-state index in [0.717, 1.165) is 22.5 Å². The molecule has 3 rings (SSSR count). The van der Waals surface area contributed by atoms with Crippen molar-refractivity contribution in [3.63, 3.8) is 0 Å². The van der Waals surface area contributed by atoms with Crippen molar-refractivity contribution in [2.75, 3.05) is 10.6 Å². The topological polar surface area (TPSA) is 66.9 Å². The molecule has 3 aromatic rings. The van der Waals surface area contributed by atoms with Crippen LogP contribution in [0.25, 0.3) is 0 Å². The molecule has 0 saturated heterocycles. The predicted octanol–water partition coefficient (Wildman–Crippen LogP) is 4.71.